The first-order chi connectivity index (χ1) is 10.6. The number of para-hydroxylation sites is 1. The Morgan fingerprint density at radius 2 is 1.68 bits per heavy atom. The number of methoxy groups -OCH3 is 1. The molecule has 4 nitrogen and oxygen atoms in total. The Balaban J connectivity index is 1.79. The van der Waals surface area contributed by atoms with Gasteiger partial charge in [-0.3, -0.25) is 0 Å². The molecule has 2 aromatic rings. The maximum atomic E-state index is 12.5. The van der Waals surface area contributed by atoms with Crippen molar-refractivity contribution < 1.29 is 13.2 Å². The van der Waals surface area contributed by atoms with Crippen LogP contribution in [0.2, 0.25) is 0 Å². The molecule has 3 rings (SSSR count). The number of nitrogens with one attached hydrogen (secondary N) is 1. The topological polar surface area (TPSA) is 55.4 Å². The van der Waals surface area contributed by atoms with Gasteiger partial charge in [-0.05, 0) is 30.5 Å². The molecular formula is C17H19NO3S. The van der Waals surface area contributed by atoms with Gasteiger partial charge in [-0.1, -0.05) is 42.5 Å². The Kier molecular flexibility index (Phi) is 3.93. The monoisotopic (exact) mass is 317 g/mol. The summed E-state index contributed by atoms with van der Waals surface area (Å²) in [5, 5.41) is 0. The third-order valence-electron chi connectivity index (χ3n) is 4.20. The Morgan fingerprint density at radius 1 is 1.05 bits per heavy atom. The van der Waals surface area contributed by atoms with E-state index in [9.17, 15) is 8.42 Å². The third-order valence-corrected chi connectivity index (χ3v) is 5.64. The van der Waals surface area contributed by atoms with Crippen molar-refractivity contribution in [3.63, 3.8) is 0 Å². The molecule has 0 amide bonds. The van der Waals surface area contributed by atoms with Crippen molar-refractivity contribution >= 4 is 10.0 Å². The molecule has 22 heavy (non-hydrogen) atoms. The molecular weight excluding hydrogens is 298 g/mol. The van der Waals surface area contributed by atoms with Crippen molar-refractivity contribution in [1.29, 1.82) is 0 Å². The van der Waals surface area contributed by atoms with Gasteiger partial charge in [-0.15, -0.1) is 0 Å². The Labute approximate surface area is 131 Å². The van der Waals surface area contributed by atoms with Crippen molar-refractivity contribution in [3.05, 3.63) is 60.2 Å². The highest BCUT2D eigenvalue weighted by molar-refractivity contribution is 7.89. The molecule has 116 valence electrons. The van der Waals surface area contributed by atoms with Crippen molar-refractivity contribution in [2.24, 2.45) is 0 Å². The molecule has 2 aromatic carbocycles. The minimum absolute atomic E-state index is 0.0592. The van der Waals surface area contributed by atoms with Crippen LogP contribution in [0.25, 0.3) is 0 Å². The van der Waals surface area contributed by atoms with E-state index in [-0.39, 0.29) is 10.3 Å². The molecule has 0 spiro atoms. The van der Waals surface area contributed by atoms with Crippen molar-refractivity contribution in [1.82, 2.24) is 4.72 Å². The lowest BCUT2D eigenvalue weighted by atomic mass is 9.96. The van der Waals surface area contributed by atoms with E-state index in [1.165, 1.54) is 12.7 Å². The summed E-state index contributed by atoms with van der Waals surface area (Å²) in [4.78, 5) is 0.182. The molecule has 0 radical (unpaired) electrons. The molecule has 0 saturated heterocycles. The summed E-state index contributed by atoms with van der Waals surface area (Å²) in [6, 6.07) is 16.7. The van der Waals surface area contributed by atoms with Crippen LogP contribution in [-0.2, 0) is 15.4 Å². The van der Waals surface area contributed by atoms with Gasteiger partial charge in [0.25, 0.3) is 0 Å². The van der Waals surface area contributed by atoms with Gasteiger partial charge in [0.1, 0.15) is 10.6 Å². The second-order valence-corrected chi connectivity index (χ2v) is 7.36. The maximum absolute atomic E-state index is 12.5. The molecule has 0 aromatic heterocycles. The van der Waals surface area contributed by atoms with Gasteiger partial charge in [0, 0.05) is 12.0 Å². The van der Waals surface area contributed by atoms with E-state index in [2.05, 4.69) is 16.9 Å². The zero-order valence-electron chi connectivity index (χ0n) is 12.5. The van der Waals surface area contributed by atoms with Crippen LogP contribution >= 0.6 is 0 Å². The lowest BCUT2D eigenvalue weighted by Crippen LogP contribution is -2.32. The van der Waals surface area contributed by atoms with Gasteiger partial charge >= 0.3 is 0 Å². The third kappa shape index (κ3) is 2.87. The second-order valence-electron chi connectivity index (χ2n) is 5.62. The molecule has 0 atom stereocenters. The standard InChI is InChI=1S/C17H19NO3S/c1-21-15-9-5-6-10-16(15)22(19,20)18-13-17(11-12-17)14-7-3-2-4-8-14/h2-10,18H,11-13H2,1H3. The van der Waals surface area contributed by atoms with E-state index in [4.69, 9.17) is 4.74 Å². The van der Waals surface area contributed by atoms with Crippen molar-refractivity contribution in [2.75, 3.05) is 13.7 Å². The number of hydrogen-bond donors (Lipinski definition) is 1. The van der Waals surface area contributed by atoms with Crippen LogP contribution in [0.4, 0.5) is 0 Å². The summed E-state index contributed by atoms with van der Waals surface area (Å²) in [6.45, 7) is 0.414. The average molecular weight is 317 g/mol. The molecule has 1 aliphatic carbocycles. The number of ether oxygens (including phenoxy) is 1. The lowest BCUT2D eigenvalue weighted by molar-refractivity contribution is 0.402. The first-order valence-corrected chi connectivity index (χ1v) is 8.74. The number of benzene rings is 2. The fourth-order valence-corrected chi connectivity index (χ4v) is 3.96. The van der Waals surface area contributed by atoms with Crippen LogP contribution in [0, 0.1) is 0 Å². The van der Waals surface area contributed by atoms with E-state index in [1.807, 2.05) is 18.2 Å². The van der Waals surface area contributed by atoms with E-state index in [1.54, 1.807) is 24.3 Å². The zero-order chi connectivity index (χ0) is 15.6. The van der Waals surface area contributed by atoms with Gasteiger partial charge < -0.3 is 4.74 Å². The van der Waals surface area contributed by atoms with Gasteiger partial charge in [-0.25, -0.2) is 13.1 Å². The van der Waals surface area contributed by atoms with Crippen LogP contribution in [0.3, 0.4) is 0 Å². The fraction of sp³-hybridized carbons (Fsp3) is 0.294. The van der Waals surface area contributed by atoms with E-state index >= 15 is 0 Å². The predicted octanol–water partition coefficient (Wildman–Crippen LogP) is 2.71. The quantitative estimate of drug-likeness (QED) is 0.891. The summed E-state index contributed by atoms with van der Waals surface area (Å²) in [7, 11) is -2.11. The van der Waals surface area contributed by atoms with Crippen LogP contribution in [0.15, 0.2) is 59.5 Å². The Morgan fingerprint density at radius 3 is 2.32 bits per heavy atom. The Hall–Kier alpha value is -1.85. The minimum atomic E-state index is -3.58. The van der Waals surface area contributed by atoms with Gasteiger partial charge in [0.05, 0.1) is 7.11 Å². The number of hydrogen-bond acceptors (Lipinski definition) is 3. The minimum Gasteiger partial charge on any atom is -0.495 e. The SMILES string of the molecule is COc1ccccc1S(=O)(=O)NCC1(c2ccccc2)CC1. The molecule has 1 fully saturated rings. The highest BCUT2D eigenvalue weighted by atomic mass is 32.2. The van der Waals surface area contributed by atoms with E-state index in [0.29, 0.717) is 12.3 Å². The average Bonchev–Trinajstić information content (AvgIpc) is 3.35. The molecule has 0 bridgehead atoms. The zero-order valence-corrected chi connectivity index (χ0v) is 13.3. The highest BCUT2D eigenvalue weighted by Crippen LogP contribution is 2.47. The van der Waals surface area contributed by atoms with Gasteiger partial charge in [0.2, 0.25) is 10.0 Å². The summed E-state index contributed by atoms with van der Waals surface area (Å²) in [5.41, 5.74) is 1.13. The first kappa shape index (κ1) is 15.1. The van der Waals surface area contributed by atoms with Crippen molar-refractivity contribution in [2.45, 2.75) is 23.2 Å². The summed E-state index contributed by atoms with van der Waals surface area (Å²) >= 11 is 0. The first-order valence-electron chi connectivity index (χ1n) is 7.26. The van der Waals surface area contributed by atoms with Gasteiger partial charge in [-0.2, -0.15) is 0 Å². The summed E-state index contributed by atoms with van der Waals surface area (Å²) < 4.78 is 32.9. The van der Waals surface area contributed by atoms with E-state index in [0.717, 1.165) is 12.8 Å². The summed E-state index contributed by atoms with van der Waals surface area (Å²) in [5.74, 6) is 0.361. The van der Waals surface area contributed by atoms with Crippen LogP contribution in [0.1, 0.15) is 18.4 Å². The maximum Gasteiger partial charge on any atom is 0.244 e. The van der Waals surface area contributed by atoms with Crippen LogP contribution in [-0.4, -0.2) is 22.1 Å². The molecule has 0 aliphatic heterocycles. The van der Waals surface area contributed by atoms with Crippen LogP contribution in [0.5, 0.6) is 5.75 Å². The van der Waals surface area contributed by atoms with Crippen molar-refractivity contribution in [3.8, 4) is 5.75 Å². The molecule has 1 saturated carbocycles. The normalized spacial score (nSPS) is 16.2. The molecule has 0 unspecified atom stereocenters. The fourth-order valence-electron chi connectivity index (χ4n) is 2.66. The smallest absolute Gasteiger partial charge is 0.244 e. The molecule has 5 heteroatoms. The lowest BCUT2D eigenvalue weighted by Gasteiger charge is -2.17. The molecule has 1 aliphatic rings. The van der Waals surface area contributed by atoms with Gasteiger partial charge in [0.15, 0.2) is 0 Å². The van der Waals surface area contributed by atoms with E-state index < -0.39 is 10.0 Å². The molecule has 0 heterocycles. The van der Waals surface area contributed by atoms with Crippen LogP contribution < -0.4 is 9.46 Å². The number of sulfonamides is 1. The second kappa shape index (κ2) is 5.74. The molecule has 1 N–H and O–H groups in total. The largest absolute Gasteiger partial charge is 0.495 e. The summed E-state index contributed by atoms with van der Waals surface area (Å²) in [6.07, 6.45) is 2.01. The highest BCUT2D eigenvalue weighted by Gasteiger charge is 2.44. The predicted molar refractivity (Wildman–Crippen MR) is 85.5 cm³/mol. The Bertz CT molecular complexity index is 752. The number of rotatable bonds is 6.